The summed E-state index contributed by atoms with van der Waals surface area (Å²) < 4.78 is 0. The molecule has 1 saturated carbocycles. The number of nitrogens with one attached hydrogen (secondary N) is 1. The van der Waals surface area contributed by atoms with E-state index in [1.807, 2.05) is 13.0 Å². The Balaban J connectivity index is 2.11. The number of nitrogens with zero attached hydrogens (tertiary/aromatic N) is 1. The largest absolute Gasteiger partial charge is 0.481 e. The second-order valence-corrected chi connectivity index (χ2v) is 5.31. The average molecular weight is 272 g/mol. The summed E-state index contributed by atoms with van der Waals surface area (Å²) in [5.41, 5.74) is 0.982. The Bertz CT molecular complexity index is 577. The monoisotopic (exact) mass is 272 g/mol. The molecule has 1 aromatic rings. The number of benzene rings is 1. The molecule has 0 bridgehead atoms. The highest BCUT2D eigenvalue weighted by molar-refractivity contribution is 5.95. The normalized spacial score (nSPS) is 24.9. The summed E-state index contributed by atoms with van der Waals surface area (Å²) in [6.45, 7) is 1.96. The number of rotatable bonds is 3. The van der Waals surface area contributed by atoms with Crippen LogP contribution in [-0.4, -0.2) is 17.0 Å². The summed E-state index contributed by atoms with van der Waals surface area (Å²) in [5, 5.41) is 20.7. The van der Waals surface area contributed by atoms with E-state index in [9.17, 15) is 14.7 Å². The second kappa shape index (κ2) is 5.74. The molecule has 0 spiro atoms. The summed E-state index contributed by atoms with van der Waals surface area (Å²) in [7, 11) is 0. The van der Waals surface area contributed by atoms with Gasteiger partial charge >= 0.3 is 5.97 Å². The third-order valence-electron chi connectivity index (χ3n) is 3.71. The lowest BCUT2D eigenvalue weighted by Crippen LogP contribution is -2.30. The van der Waals surface area contributed by atoms with Crippen molar-refractivity contribution in [2.75, 3.05) is 5.32 Å². The minimum Gasteiger partial charge on any atom is -0.481 e. The Morgan fingerprint density at radius 2 is 2.05 bits per heavy atom. The molecule has 3 unspecified atom stereocenters. The van der Waals surface area contributed by atoms with Crippen LogP contribution in [0.3, 0.4) is 0 Å². The van der Waals surface area contributed by atoms with Gasteiger partial charge in [-0.05, 0) is 37.0 Å². The minimum absolute atomic E-state index is 0.234. The zero-order chi connectivity index (χ0) is 14.7. The summed E-state index contributed by atoms with van der Waals surface area (Å²) in [4.78, 5) is 23.4. The number of carbonyl (C=O) groups is 2. The highest BCUT2D eigenvalue weighted by Gasteiger charge is 2.41. The zero-order valence-corrected chi connectivity index (χ0v) is 11.2. The third-order valence-corrected chi connectivity index (χ3v) is 3.71. The molecular weight excluding hydrogens is 256 g/mol. The van der Waals surface area contributed by atoms with Crippen LogP contribution in [0.15, 0.2) is 24.3 Å². The van der Waals surface area contributed by atoms with Crippen LogP contribution >= 0.6 is 0 Å². The Morgan fingerprint density at radius 3 is 2.70 bits per heavy atom. The van der Waals surface area contributed by atoms with E-state index in [2.05, 4.69) is 5.32 Å². The van der Waals surface area contributed by atoms with Gasteiger partial charge in [0, 0.05) is 5.69 Å². The maximum Gasteiger partial charge on any atom is 0.307 e. The number of carbonyl (C=O) groups excluding carboxylic acids is 1. The lowest BCUT2D eigenvalue weighted by Gasteiger charge is -2.15. The second-order valence-electron chi connectivity index (χ2n) is 5.31. The molecule has 0 radical (unpaired) electrons. The van der Waals surface area contributed by atoms with E-state index in [-0.39, 0.29) is 11.8 Å². The fourth-order valence-electron chi connectivity index (χ4n) is 2.76. The molecular formula is C15H16N2O3. The smallest absolute Gasteiger partial charge is 0.307 e. The molecule has 1 amide bonds. The quantitative estimate of drug-likeness (QED) is 0.883. The van der Waals surface area contributed by atoms with Gasteiger partial charge in [-0.2, -0.15) is 5.26 Å². The highest BCUT2D eigenvalue weighted by Crippen LogP contribution is 2.37. The van der Waals surface area contributed by atoms with Crippen molar-refractivity contribution in [1.82, 2.24) is 0 Å². The van der Waals surface area contributed by atoms with Gasteiger partial charge in [0.2, 0.25) is 5.91 Å². The first-order valence-electron chi connectivity index (χ1n) is 6.55. The van der Waals surface area contributed by atoms with Crippen LogP contribution in [0.2, 0.25) is 0 Å². The predicted molar refractivity (Wildman–Crippen MR) is 72.8 cm³/mol. The average Bonchev–Trinajstić information content (AvgIpc) is 2.81. The molecule has 5 nitrogen and oxygen atoms in total. The van der Waals surface area contributed by atoms with Gasteiger partial charge in [-0.15, -0.1) is 0 Å². The standard InChI is InChI=1S/C15H16N2O3/c1-9-5-12(13(6-9)15(19)20)14(18)17-11-4-2-3-10(7-11)8-16/h2-4,7,9,12-13H,5-6H2,1H3,(H,17,18)(H,19,20). The number of anilines is 1. The summed E-state index contributed by atoms with van der Waals surface area (Å²) in [6.07, 6.45) is 1.12. The molecule has 0 heterocycles. The van der Waals surface area contributed by atoms with Gasteiger partial charge in [-0.1, -0.05) is 13.0 Å². The first-order valence-corrected chi connectivity index (χ1v) is 6.55. The Kier molecular flexibility index (Phi) is 4.04. The van der Waals surface area contributed by atoms with Crippen LogP contribution in [0.5, 0.6) is 0 Å². The lowest BCUT2D eigenvalue weighted by atomic mass is 9.95. The Hall–Kier alpha value is -2.35. The van der Waals surface area contributed by atoms with Gasteiger partial charge in [0.15, 0.2) is 0 Å². The minimum atomic E-state index is -0.916. The van der Waals surface area contributed by atoms with Gasteiger partial charge in [0.25, 0.3) is 0 Å². The molecule has 1 aliphatic carbocycles. The fraction of sp³-hybridized carbons (Fsp3) is 0.400. The summed E-state index contributed by atoms with van der Waals surface area (Å²) >= 11 is 0. The molecule has 1 aliphatic rings. The van der Waals surface area contributed by atoms with Crippen molar-refractivity contribution in [2.45, 2.75) is 19.8 Å². The van der Waals surface area contributed by atoms with Crippen molar-refractivity contribution in [1.29, 1.82) is 5.26 Å². The Labute approximate surface area is 117 Å². The van der Waals surface area contributed by atoms with Crippen LogP contribution in [0.1, 0.15) is 25.3 Å². The van der Waals surface area contributed by atoms with Gasteiger partial charge in [0.05, 0.1) is 23.5 Å². The Morgan fingerprint density at radius 1 is 1.35 bits per heavy atom. The van der Waals surface area contributed by atoms with Crippen molar-refractivity contribution in [2.24, 2.45) is 17.8 Å². The molecule has 0 aromatic heterocycles. The van der Waals surface area contributed by atoms with Crippen LogP contribution in [0, 0.1) is 29.1 Å². The molecule has 5 heteroatoms. The molecule has 1 fully saturated rings. The molecule has 0 saturated heterocycles. The van der Waals surface area contributed by atoms with Gasteiger partial charge in [-0.25, -0.2) is 0 Å². The third kappa shape index (κ3) is 2.97. The first-order chi connectivity index (χ1) is 9.51. The number of nitriles is 1. The van der Waals surface area contributed by atoms with E-state index in [1.54, 1.807) is 24.3 Å². The number of aliphatic carboxylic acids is 1. The maximum absolute atomic E-state index is 12.2. The molecule has 20 heavy (non-hydrogen) atoms. The number of hydrogen-bond acceptors (Lipinski definition) is 3. The molecule has 3 atom stereocenters. The van der Waals surface area contributed by atoms with Crippen molar-refractivity contribution < 1.29 is 14.7 Å². The first kappa shape index (κ1) is 14.1. The highest BCUT2D eigenvalue weighted by atomic mass is 16.4. The summed E-state index contributed by atoms with van der Waals surface area (Å²) in [6, 6.07) is 8.59. The van der Waals surface area contributed by atoms with Gasteiger partial charge in [0.1, 0.15) is 0 Å². The number of carboxylic acids is 1. The van der Waals surface area contributed by atoms with E-state index >= 15 is 0 Å². The number of carboxylic acid groups (broad SMARTS) is 1. The molecule has 1 aromatic carbocycles. The SMILES string of the molecule is CC1CC(C(=O)O)C(C(=O)Nc2cccc(C#N)c2)C1. The molecule has 104 valence electrons. The van der Waals surface area contributed by atoms with Crippen molar-refractivity contribution in [3.63, 3.8) is 0 Å². The van der Waals surface area contributed by atoms with Crippen molar-refractivity contribution in [3.8, 4) is 6.07 Å². The molecule has 0 aliphatic heterocycles. The van der Waals surface area contributed by atoms with Gasteiger partial charge < -0.3 is 10.4 Å². The topological polar surface area (TPSA) is 90.2 Å². The van der Waals surface area contributed by atoms with Crippen LogP contribution < -0.4 is 5.32 Å². The van der Waals surface area contributed by atoms with E-state index < -0.39 is 17.8 Å². The van der Waals surface area contributed by atoms with E-state index in [4.69, 9.17) is 5.26 Å². The lowest BCUT2D eigenvalue weighted by molar-refractivity contribution is -0.145. The molecule has 2 N–H and O–H groups in total. The van der Waals surface area contributed by atoms with Crippen molar-refractivity contribution in [3.05, 3.63) is 29.8 Å². The molecule has 2 rings (SSSR count). The van der Waals surface area contributed by atoms with E-state index in [0.717, 1.165) is 0 Å². The number of hydrogen-bond donors (Lipinski definition) is 2. The van der Waals surface area contributed by atoms with Crippen molar-refractivity contribution >= 4 is 17.6 Å². The number of amides is 1. The van der Waals surface area contributed by atoms with Crippen LogP contribution in [-0.2, 0) is 9.59 Å². The van der Waals surface area contributed by atoms with Crippen LogP contribution in [0.4, 0.5) is 5.69 Å². The maximum atomic E-state index is 12.2. The zero-order valence-electron chi connectivity index (χ0n) is 11.2. The van der Waals surface area contributed by atoms with E-state index in [0.29, 0.717) is 24.1 Å². The fourth-order valence-corrected chi connectivity index (χ4v) is 2.76. The summed E-state index contributed by atoms with van der Waals surface area (Å²) in [5.74, 6) is -2.09. The van der Waals surface area contributed by atoms with E-state index in [1.165, 1.54) is 0 Å². The predicted octanol–water partition coefficient (Wildman–Crippen LogP) is 2.24. The van der Waals surface area contributed by atoms with Gasteiger partial charge in [-0.3, -0.25) is 9.59 Å². The van der Waals surface area contributed by atoms with Crippen LogP contribution in [0.25, 0.3) is 0 Å².